The van der Waals surface area contributed by atoms with Gasteiger partial charge in [0, 0.05) is 16.5 Å². The van der Waals surface area contributed by atoms with E-state index in [4.69, 9.17) is 27.9 Å². The van der Waals surface area contributed by atoms with E-state index in [2.05, 4.69) is 60.7 Å². The van der Waals surface area contributed by atoms with Gasteiger partial charge in [0.25, 0.3) is 0 Å². The average molecular weight is 599 g/mol. The molecule has 7 nitrogen and oxygen atoms in total. The van der Waals surface area contributed by atoms with E-state index >= 15 is 0 Å². The first kappa shape index (κ1) is 29.8. The third-order valence-corrected chi connectivity index (χ3v) is 7.92. The SMILES string of the molecule is COc1cccc(CSc2nnc(CNC(=O)Nc3c(C(C)C)cccc3C(C)C)n2-c2cc(Cl)ccc2Cl)c1. The summed E-state index contributed by atoms with van der Waals surface area (Å²) < 4.78 is 7.18. The van der Waals surface area contributed by atoms with Crippen LogP contribution < -0.4 is 15.4 Å². The fourth-order valence-corrected chi connectivity index (χ4v) is 5.61. The van der Waals surface area contributed by atoms with Crippen LogP contribution in [0.15, 0.2) is 65.8 Å². The quantitative estimate of drug-likeness (QED) is 0.179. The molecule has 3 aromatic carbocycles. The van der Waals surface area contributed by atoms with Crippen molar-refractivity contribution in [2.24, 2.45) is 0 Å². The number of thioether (sulfide) groups is 1. The van der Waals surface area contributed by atoms with E-state index in [0.717, 1.165) is 28.1 Å². The molecule has 1 aromatic heterocycles. The molecule has 0 fully saturated rings. The minimum Gasteiger partial charge on any atom is -0.497 e. The van der Waals surface area contributed by atoms with Crippen LogP contribution in [-0.4, -0.2) is 27.9 Å². The van der Waals surface area contributed by atoms with Crippen LogP contribution in [0, 0.1) is 0 Å². The second kappa shape index (κ2) is 13.4. The molecule has 40 heavy (non-hydrogen) atoms. The molecule has 210 valence electrons. The van der Waals surface area contributed by atoms with Gasteiger partial charge in [0.15, 0.2) is 11.0 Å². The summed E-state index contributed by atoms with van der Waals surface area (Å²) in [5.41, 5.74) is 4.73. The predicted octanol–water partition coefficient (Wildman–Crippen LogP) is 8.44. The van der Waals surface area contributed by atoms with Crippen molar-refractivity contribution in [1.82, 2.24) is 20.1 Å². The second-order valence-electron chi connectivity index (χ2n) is 9.90. The lowest BCUT2D eigenvalue weighted by atomic mass is 9.93. The molecule has 0 aliphatic heterocycles. The summed E-state index contributed by atoms with van der Waals surface area (Å²) in [6.45, 7) is 8.59. The van der Waals surface area contributed by atoms with E-state index in [1.807, 2.05) is 34.9 Å². The van der Waals surface area contributed by atoms with Crippen molar-refractivity contribution < 1.29 is 9.53 Å². The first-order valence-electron chi connectivity index (χ1n) is 13.0. The van der Waals surface area contributed by atoms with Gasteiger partial charge in [-0.05, 0) is 58.9 Å². The highest BCUT2D eigenvalue weighted by atomic mass is 35.5. The van der Waals surface area contributed by atoms with Crippen LogP contribution >= 0.6 is 35.0 Å². The maximum absolute atomic E-state index is 13.1. The van der Waals surface area contributed by atoms with E-state index < -0.39 is 0 Å². The number of rotatable bonds is 10. The number of aromatic nitrogens is 3. The normalized spacial score (nSPS) is 11.2. The Morgan fingerprint density at radius 1 is 0.975 bits per heavy atom. The maximum Gasteiger partial charge on any atom is 0.319 e. The highest BCUT2D eigenvalue weighted by Crippen LogP contribution is 2.33. The Morgan fingerprint density at radius 2 is 1.68 bits per heavy atom. The standard InChI is InChI=1S/C30H33Cl2N5O2S/c1-18(2)23-10-7-11-24(19(3)4)28(23)34-29(38)33-16-27-35-36-30(37(27)26-15-21(31)12-13-25(26)32)40-17-20-8-6-9-22(14-20)39-5/h6-15,18-19H,16-17H2,1-5H3,(H2,33,34,38). The molecule has 0 saturated carbocycles. The van der Waals surface area contributed by atoms with Gasteiger partial charge in [-0.15, -0.1) is 10.2 Å². The van der Waals surface area contributed by atoms with Gasteiger partial charge >= 0.3 is 6.03 Å². The molecule has 0 bridgehead atoms. The lowest BCUT2D eigenvalue weighted by molar-refractivity contribution is 0.251. The molecular formula is C30H33Cl2N5O2S. The van der Waals surface area contributed by atoms with Crippen molar-refractivity contribution in [1.29, 1.82) is 0 Å². The second-order valence-corrected chi connectivity index (χ2v) is 11.7. The van der Waals surface area contributed by atoms with Crippen molar-refractivity contribution >= 4 is 46.7 Å². The molecule has 0 aliphatic rings. The summed E-state index contributed by atoms with van der Waals surface area (Å²) in [7, 11) is 1.64. The number of anilines is 1. The molecule has 4 rings (SSSR count). The van der Waals surface area contributed by atoms with Crippen molar-refractivity contribution in [3.05, 3.63) is 93.2 Å². The van der Waals surface area contributed by atoms with Gasteiger partial charge in [-0.25, -0.2) is 4.79 Å². The Balaban J connectivity index is 1.59. The van der Waals surface area contributed by atoms with Gasteiger partial charge in [0.05, 0.1) is 24.4 Å². The molecular weight excluding hydrogens is 565 g/mol. The van der Waals surface area contributed by atoms with Gasteiger partial charge < -0.3 is 15.4 Å². The van der Waals surface area contributed by atoms with Gasteiger partial charge in [-0.3, -0.25) is 4.57 Å². The highest BCUT2D eigenvalue weighted by Gasteiger charge is 2.20. The molecule has 0 spiro atoms. The molecule has 0 radical (unpaired) electrons. The molecule has 0 aliphatic carbocycles. The number of ether oxygens (including phenoxy) is 1. The zero-order chi connectivity index (χ0) is 28.8. The molecule has 2 N–H and O–H groups in total. The number of hydrogen-bond donors (Lipinski definition) is 2. The predicted molar refractivity (Wildman–Crippen MR) is 164 cm³/mol. The first-order valence-corrected chi connectivity index (χ1v) is 14.7. The highest BCUT2D eigenvalue weighted by molar-refractivity contribution is 7.98. The Kier molecular flexibility index (Phi) is 10.0. The van der Waals surface area contributed by atoms with Gasteiger partial charge in [-0.1, -0.05) is 93.0 Å². The Morgan fingerprint density at radius 3 is 2.35 bits per heavy atom. The number of benzene rings is 3. The number of carbonyl (C=O) groups excluding carboxylic acids is 1. The van der Waals surface area contributed by atoms with E-state index in [1.54, 1.807) is 25.3 Å². The maximum atomic E-state index is 13.1. The van der Waals surface area contributed by atoms with Crippen LogP contribution in [0.5, 0.6) is 5.75 Å². The monoisotopic (exact) mass is 597 g/mol. The number of carbonyl (C=O) groups is 1. The molecule has 0 atom stereocenters. The number of nitrogens with zero attached hydrogens (tertiary/aromatic N) is 3. The van der Waals surface area contributed by atoms with E-state index in [1.165, 1.54) is 11.8 Å². The Bertz CT molecular complexity index is 1460. The average Bonchev–Trinajstić information content (AvgIpc) is 3.34. The molecule has 10 heteroatoms. The number of hydrogen-bond acceptors (Lipinski definition) is 5. The van der Waals surface area contributed by atoms with Crippen LogP contribution in [0.4, 0.5) is 10.5 Å². The molecule has 0 unspecified atom stereocenters. The molecule has 1 heterocycles. The van der Waals surface area contributed by atoms with Gasteiger partial charge in [0.1, 0.15) is 5.75 Å². The number of nitrogens with one attached hydrogen (secondary N) is 2. The minimum absolute atomic E-state index is 0.127. The van der Waals surface area contributed by atoms with E-state index in [9.17, 15) is 4.79 Å². The van der Waals surface area contributed by atoms with Gasteiger partial charge in [-0.2, -0.15) is 0 Å². The summed E-state index contributed by atoms with van der Waals surface area (Å²) in [5.74, 6) is 2.45. The fraction of sp³-hybridized carbons (Fsp3) is 0.300. The summed E-state index contributed by atoms with van der Waals surface area (Å²) >= 11 is 14.4. The van der Waals surface area contributed by atoms with Crippen LogP contribution in [0.2, 0.25) is 10.0 Å². The van der Waals surface area contributed by atoms with Crippen LogP contribution in [0.1, 0.15) is 62.0 Å². The van der Waals surface area contributed by atoms with Crippen molar-refractivity contribution in [3.8, 4) is 11.4 Å². The van der Waals surface area contributed by atoms with Crippen LogP contribution in [0.3, 0.4) is 0 Å². The lowest BCUT2D eigenvalue weighted by Crippen LogP contribution is -2.30. The third kappa shape index (κ3) is 7.11. The summed E-state index contributed by atoms with van der Waals surface area (Å²) in [6, 6.07) is 18.9. The lowest BCUT2D eigenvalue weighted by Gasteiger charge is -2.20. The summed E-state index contributed by atoms with van der Waals surface area (Å²) in [6.07, 6.45) is 0. The van der Waals surface area contributed by atoms with Crippen LogP contribution in [-0.2, 0) is 12.3 Å². The van der Waals surface area contributed by atoms with Crippen molar-refractivity contribution in [3.63, 3.8) is 0 Å². The summed E-state index contributed by atoms with van der Waals surface area (Å²) in [5, 5.41) is 16.5. The van der Waals surface area contributed by atoms with Crippen LogP contribution in [0.25, 0.3) is 5.69 Å². The van der Waals surface area contributed by atoms with E-state index in [-0.39, 0.29) is 24.4 Å². The number of urea groups is 1. The topological polar surface area (TPSA) is 81.1 Å². The van der Waals surface area contributed by atoms with Crippen molar-refractivity contribution in [2.45, 2.75) is 57.0 Å². The number of methoxy groups -OCH3 is 1. The van der Waals surface area contributed by atoms with Crippen molar-refractivity contribution in [2.75, 3.05) is 12.4 Å². The largest absolute Gasteiger partial charge is 0.497 e. The first-order chi connectivity index (χ1) is 19.2. The molecule has 0 saturated heterocycles. The molecule has 2 amide bonds. The molecule has 4 aromatic rings. The number of para-hydroxylation sites is 1. The number of amides is 2. The fourth-order valence-electron chi connectivity index (χ4n) is 4.33. The zero-order valence-corrected chi connectivity index (χ0v) is 25.5. The third-order valence-electron chi connectivity index (χ3n) is 6.37. The number of halogens is 2. The smallest absolute Gasteiger partial charge is 0.319 e. The van der Waals surface area contributed by atoms with Gasteiger partial charge in [0.2, 0.25) is 0 Å². The van der Waals surface area contributed by atoms with E-state index in [0.29, 0.717) is 32.5 Å². The Labute approximate surface area is 249 Å². The summed E-state index contributed by atoms with van der Waals surface area (Å²) in [4.78, 5) is 13.1. The zero-order valence-electron chi connectivity index (χ0n) is 23.2. The minimum atomic E-state index is -0.327. The Hall–Kier alpha value is -3.20.